The van der Waals surface area contributed by atoms with E-state index in [0.29, 0.717) is 0 Å². The van der Waals surface area contributed by atoms with E-state index in [9.17, 15) is 0 Å². The highest BCUT2D eigenvalue weighted by atomic mass is 35.5. The van der Waals surface area contributed by atoms with E-state index < -0.39 is 0 Å². The lowest BCUT2D eigenvalue weighted by atomic mass is 10.2. The quantitative estimate of drug-likeness (QED) is 0.569. The van der Waals surface area contributed by atoms with Crippen molar-refractivity contribution in [2.45, 2.75) is 0 Å². The SMILES string of the molecule is Clc1ccc2[nH]c3c[c]ccc3c2c1. The van der Waals surface area contributed by atoms with Gasteiger partial charge in [0.15, 0.2) is 0 Å². The molecule has 2 aromatic carbocycles. The third kappa shape index (κ3) is 1.03. The summed E-state index contributed by atoms with van der Waals surface area (Å²) in [6.07, 6.45) is 0. The Kier molecular flexibility index (Phi) is 1.55. The van der Waals surface area contributed by atoms with Crippen LogP contribution in [0.1, 0.15) is 0 Å². The number of hydrogen-bond donors (Lipinski definition) is 1. The minimum absolute atomic E-state index is 0.770. The normalized spacial score (nSPS) is 11.2. The van der Waals surface area contributed by atoms with Crippen LogP contribution in [-0.2, 0) is 0 Å². The molecule has 0 unspecified atom stereocenters. The largest absolute Gasteiger partial charge is 0.354 e. The predicted molar refractivity (Wildman–Crippen MR) is 59.7 cm³/mol. The monoisotopic (exact) mass is 200 g/mol. The number of benzene rings is 2. The Bertz CT molecular complexity index is 610. The van der Waals surface area contributed by atoms with Crippen LogP contribution in [0.2, 0.25) is 5.02 Å². The van der Waals surface area contributed by atoms with Gasteiger partial charge in [0.2, 0.25) is 0 Å². The van der Waals surface area contributed by atoms with E-state index in [2.05, 4.69) is 11.1 Å². The Morgan fingerprint density at radius 3 is 2.93 bits per heavy atom. The Hall–Kier alpha value is -1.47. The van der Waals surface area contributed by atoms with Gasteiger partial charge in [0.1, 0.15) is 0 Å². The van der Waals surface area contributed by atoms with E-state index >= 15 is 0 Å². The molecule has 2 heteroatoms. The topological polar surface area (TPSA) is 15.8 Å². The van der Waals surface area contributed by atoms with Gasteiger partial charge in [0.05, 0.1) is 0 Å². The summed E-state index contributed by atoms with van der Waals surface area (Å²) < 4.78 is 0. The maximum absolute atomic E-state index is 5.95. The first-order valence-corrected chi connectivity index (χ1v) is 4.79. The van der Waals surface area contributed by atoms with Crippen LogP contribution in [0.15, 0.2) is 36.4 Å². The fourth-order valence-electron chi connectivity index (χ4n) is 1.76. The van der Waals surface area contributed by atoms with Crippen molar-refractivity contribution >= 4 is 33.4 Å². The van der Waals surface area contributed by atoms with Gasteiger partial charge in [-0.25, -0.2) is 0 Å². The number of aromatic amines is 1. The summed E-state index contributed by atoms with van der Waals surface area (Å²) in [5.41, 5.74) is 2.22. The summed E-state index contributed by atoms with van der Waals surface area (Å²) in [6.45, 7) is 0. The Morgan fingerprint density at radius 2 is 2.00 bits per heavy atom. The Morgan fingerprint density at radius 1 is 1.07 bits per heavy atom. The molecule has 3 aromatic rings. The fraction of sp³-hybridized carbons (Fsp3) is 0. The van der Waals surface area contributed by atoms with E-state index in [1.165, 1.54) is 10.8 Å². The molecule has 67 valence electrons. The summed E-state index contributed by atoms with van der Waals surface area (Å²) in [7, 11) is 0. The van der Waals surface area contributed by atoms with Gasteiger partial charge in [-0.2, -0.15) is 0 Å². The minimum atomic E-state index is 0.770. The number of halogens is 1. The van der Waals surface area contributed by atoms with Crippen LogP contribution in [0.3, 0.4) is 0 Å². The molecule has 1 N–H and O–H groups in total. The van der Waals surface area contributed by atoms with Crippen molar-refractivity contribution in [3.05, 3.63) is 47.5 Å². The smallest absolute Gasteiger partial charge is 0.0471 e. The van der Waals surface area contributed by atoms with Gasteiger partial charge in [-0.1, -0.05) is 23.7 Å². The molecular weight excluding hydrogens is 194 g/mol. The first-order valence-electron chi connectivity index (χ1n) is 4.42. The molecule has 1 nitrogen and oxygen atoms in total. The standard InChI is InChI=1S/C12H7ClN/c13-8-5-6-12-10(7-8)9-3-1-2-4-11(9)14-12/h1,3-7,14H. The van der Waals surface area contributed by atoms with Gasteiger partial charge in [-0.15, -0.1) is 0 Å². The van der Waals surface area contributed by atoms with E-state index in [-0.39, 0.29) is 0 Å². The van der Waals surface area contributed by atoms with Gasteiger partial charge in [-0.05, 0) is 30.3 Å². The molecule has 0 amide bonds. The molecule has 0 aliphatic heterocycles. The molecule has 0 bridgehead atoms. The number of H-pyrrole nitrogens is 1. The molecule has 1 aromatic heterocycles. The number of aromatic nitrogens is 1. The van der Waals surface area contributed by atoms with Gasteiger partial charge >= 0.3 is 0 Å². The van der Waals surface area contributed by atoms with Crippen molar-refractivity contribution in [1.82, 2.24) is 4.98 Å². The zero-order valence-electron chi connectivity index (χ0n) is 7.34. The van der Waals surface area contributed by atoms with Crippen molar-refractivity contribution in [2.75, 3.05) is 0 Å². The zero-order chi connectivity index (χ0) is 9.54. The minimum Gasteiger partial charge on any atom is -0.354 e. The lowest BCUT2D eigenvalue weighted by Gasteiger charge is -1.91. The lowest BCUT2D eigenvalue weighted by molar-refractivity contribution is 1.54. The molecule has 0 saturated heterocycles. The average Bonchev–Trinajstić information content (AvgIpc) is 2.56. The van der Waals surface area contributed by atoms with E-state index in [4.69, 9.17) is 11.6 Å². The summed E-state index contributed by atoms with van der Waals surface area (Å²) >= 11 is 5.95. The molecule has 0 spiro atoms. The molecule has 1 heterocycles. The van der Waals surface area contributed by atoms with Crippen LogP contribution in [0.4, 0.5) is 0 Å². The molecule has 0 aliphatic carbocycles. The van der Waals surface area contributed by atoms with Crippen LogP contribution < -0.4 is 0 Å². The second-order valence-corrected chi connectivity index (χ2v) is 3.72. The van der Waals surface area contributed by atoms with Crippen LogP contribution in [0.5, 0.6) is 0 Å². The van der Waals surface area contributed by atoms with Crippen LogP contribution in [-0.4, -0.2) is 4.98 Å². The molecule has 0 fully saturated rings. The highest BCUT2D eigenvalue weighted by molar-refractivity contribution is 6.31. The first kappa shape index (κ1) is 7.89. The van der Waals surface area contributed by atoms with Crippen molar-refractivity contribution in [3.8, 4) is 0 Å². The van der Waals surface area contributed by atoms with Crippen LogP contribution in [0.25, 0.3) is 21.8 Å². The number of fused-ring (bicyclic) bond motifs is 3. The van der Waals surface area contributed by atoms with E-state index in [1.807, 2.05) is 36.4 Å². The molecule has 0 atom stereocenters. The lowest BCUT2D eigenvalue weighted by Crippen LogP contribution is -1.66. The molecular formula is C12H7ClN. The Labute approximate surface area is 86.3 Å². The second kappa shape index (κ2) is 2.76. The number of nitrogens with one attached hydrogen (secondary N) is 1. The predicted octanol–water partition coefficient (Wildman–Crippen LogP) is 3.77. The zero-order valence-corrected chi connectivity index (χ0v) is 8.10. The summed E-state index contributed by atoms with van der Waals surface area (Å²) in [5.74, 6) is 0. The summed E-state index contributed by atoms with van der Waals surface area (Å²) in [5, 5.41) is 3.13. The van der Waals surface area contributed by atoms with Crippen LogP contribution in [0, 0.1) is 6.07 Å². The Balaban J connectivity index is 2.58. The third-order valence-electron chi connectivity index (χ3n) is 2.41. The maximum atomic E-state index is 5.95. The second-order valence-electron chi connectivity index (χ2n) is 3.29. The fourth-order valence-corrected chi connectivity index (χ4v) is 1.93. The molecule has 14 heavy (non-hydrogen) atoms. The maximum Gasteiger partial charge on any atom is 0.0471 e. The molecule has 0 aliphatic rings. The average molecular weight is 201 g/mol. The van der Waals surface area contributed by atoms with Crippen molar-refractivity contribution in [1.29, 1.82) is 0 Å². The third-order valence-corrected chi connectivity index (χ3v) is 2.64. The number of hydrogen-bond acceptors (Lipinski definition) is 0. The van der Waals surface area contributed by atoms with Crippen LogP contribution >= 0.6 is 11.6 Å². The van der Waals surface area contributed by atoms with E-state index in [1.54, 1.807) is 0 Å². The molecule has 1 radical (unpaired) electrons. The van der Waals surface area contributed by atoms with Gasteiger partial charge in [0.25, 0.3) is 0 Å². The highest BCUT2D eigenvalue weighted by Gasteiger charge is 2.02. The van der Waals surface area contributed by atoms with E-state index in [0.717, 1.165) is 16.1 Å². The van der Waals surface area contributed by atoms with Gasteiger partial charge in [0, 0.05) is 26.8 Å². The van der Waals surface area contributed by atoms with Crippen molar-refractivity contribution in [3.63, 3.8) is 0 Å². The highest BCUT2D eigenvalue weighted by Crippen LogP contribution is 2.27. The van der Waals surface area contributed by atoms with Gasteiger partial charge in [-0.3, -0.25) is 0 Å². The van der Waals surface area contributed by atoms with Gasteiger partial charge < -0.3 is 4.98 Å². The molecule has 3 rings (SSSR count). The number of rotatable bonds is 0. The molecule has 0 saturated carbocycles. The first-order chi connectivity index (χ1) is 6.84. The van der Waals surface area contributed by atoms with Crippen molar-refractivity contribution in [2.24, 2.45) is 0 Å². The van der Waals surface area contributed by atoms with Crippen molar-refractivity contribution < 1.29 is 0 Å². The summed E-state index contributed by atoms with van der Waals surface area (Å²) in [6, 6.07) is 14.8. The summed E-state index contributed by atoms with van der Waals surface area (Å²) in [4.78, 5) is 3.32.